The van der Waals surface area contributed by atoms with Crippen LogP contribution < -0.4 is 5.32 Å². The minimum Gasteiger partial charge on any atom is -0.748 e. The first kappa shape index (κ1) is 15.4. The van der Waals surface area contributed by atoms with Gasteiger partial charge in [0.2, 0.25) is 0 Å². The number of nitrogens with one attached hydrogen (secondary N) is 1. The second-order valence-electron chi connectivity index (χ2n) is 3.30. The molecule has 0 unspecified atom stereocenters. The monoisotopic (exact) mass is 400 g/mol. The lowest BCUT2D eigenvalue weighted by Gasteiger charge is -2.10. The van der Waals surface area contributed by atoms with Gasteiger partial charge in [0.1, 0.15) is 5.75 Å². The Balaban J connectivity index is 2.79. The lowest BCUT2D eigenvalue weighted by molar-refractivity contribution is 0.0953. The number of benzene rings is 1. The molecule has 0 radical (unpaired) electrons. The van der Waals surface area contributed by atoms with Gasteiger partial charge in [0.05, 0.1) is 25.9 Å². The molecule has 1 amide bonds. The summed E-state index contributed by atoms with van der Waals surface area (Å²) in [7, 11) is -4.37. The number of carbonyl (C=O) groups excluding carboxylic acids is 1. The Kier molecular flexibility index (Phi) is 5.14. The largest absolute Gasteiger partial charge is 0.748 e. The molecule has 1 aromatic rings. The molecule has 0 aliphatic rings. The molecule has 0 aliphatic heterocycles. The highest BCUT2D eigenvalue weighted by molar-refractivity contribution is 9.11. The van der Waals surface area contributed by atoms with Gasteiger partial charge < -0.3 is 15.0 Å². The SMILES string of the molecule is O=C(NCCS(=O)(=O)[O-])c1cc(Br)cc(Br)c1O. The summed E-state index contributed by atoms with van der Waals surface area (Å²) in [5, 5.41) is 11.9. The van der Waals surface area contributed by atoms with E-state index in [0.29, 0.717) is 8.95 Å². The van der Waals surface area contributed by atoms with E-state index in [-0.39, 0.29) is 17.9 Å². The molecule has 18 heavy (non-hydrogen) atoms. The topological polar surface area (TPSA) is 107 Å². The molecule has 0 atom stereocenters. The van der Waals surface area contributed by atoms with Gasteiger partial charge in [0, 0.05) is 11.0 Å². The molecule has 0 aliphatic carbocycles. The maximum Gasteiger partial charge on any atom is 0.255 e. The van der Waals surface area contributed by atoms with Crippen molar-refractivity contribution in [2.75, 3.05) is 12.3 Å². The maximum atomic E-state index is 11.6. The van der Waals surface area contributed by atoms with Crippen molar-refractivity contribution in [3.8, 4) is 5.75 Å². The van der Waals surface area contributed by atoms with E-state index >= 15 is 0 Å². The van der Waals surface area contributed by atoms with Crippen molar-refractivity contribution in [2.24, 2.45) is 0 Å². The van der Waals surface area contributed by atoms with Crippen LogP contribution in [-0.4, -0.2) is 36.3 Å². The van der Waals surface area contributed by atoms with Crippen LogP contribution in [-0.2, 0) is 10.1 Å². The van der Waals surface area contributed by atoms with Crippen LogP contribution in [0.1, 0.15) is 10.4 Å². The number of hydrogen-bond donors (Lipinski definition) is 2. The summed E-state index contributed by atoms with van der Waals surface area (Å²) >= 11 is 6.21. The molecule has 0 saturated carbocycles. The molecule has 6 nitrogen and oxygen atoms in total. The van der Waals surface area contributed by atoms with E-state index in [2.05, 4.69) is 37.2 Å². The van der Waals surface area contributed by atoms with Crippen LogP contribution in [0.15, 0.2) is 21.1 Å². The highest BCUT2D eigenvalue weighted by Gasteiger charge is 2.14. The molecule has 0 heterocycles. The Morgan fingerprint density at radius 1 is 1.39 bits per heavy atom. The third-order valence-corrected chi connectivity index (χ3v) is 3.68. The summed E-state index contributed by atoms with van der Waals surface area (Å²) < 4.78 is 31.9. The average molecular weight is 402 g/mol. The highest BCUT2D eigenvalue weighted by Crippen LogP contribution is 2.31. The zero-order valence-corrected chi connectivity index (χ0v) is 12.8. The van der Waals surface area contributed by atoms with Crippen molar-refractivity contribution < 1.29 is 22.9 Å². The Hall–Kier alpha value is -0.640. The molecule has 1 rings (SSSR count). The van der Waals surface area contributed by atoms with Gasteiger partial charge in [-0.25, -0.2) is 8.42 Å². The summed E-state index contributed by atoms with van der Waals surface area (Å²) in [5.41, 5.74) is -0.0282. The molecule has 0 fully saturated rings. The Bertz CT molecular complexity index is 573. The smallest absolute Gasteiger partial charge is 0.255 e. The summed E-state index contributed by atoms with van der Waals surface area (Å²) in [4.78, 5) is 11.6. The second kappa shape index (κ2) is 6.00. The van der Waals surface area contributed by atoms with Crippen molar-refractivity contribution >= 4 is 47.9 Å². The minimum absolute atomic E-state index is 0.0282. The fourth-order valence-electron chi connectivity index (χ4n) is 1.12. The molecular weight excluding hydrogens is 394 g/mol. The van der Waals surface area contributed by atoms with E-state index in [0.717, 1.165) is 0 Å². The lowest BCUT2D eigenvalue weighted by atomic mass is 10.2. The zero-order chi connectivity index (χ0) is 13.9. The molecule has 1 aromatic carbocycles. The molecule has 9 heteroatoms. The van der Waals surface area contributed by atoms with Gasteiger partial charge in [0.15, 0.2) is 0 Å². The fourth-order valence-corrected chi connectivity index (χ4v) is 2.70. The normalized spacial score (nSPS) is 11.3. The predicted molar refractivity (Wildman–Crippen MR) is 70.4 cm³/mol. The Morgan fingerprint density at radius 3 is 2.56 bits per heavy atom. The number of phenolic OH excluding ortho intramolecular Hbond substituents is 1. The Labute approximate surface area is 120 Å². The fraction of sp³-hybridized carbons (Fsp3) is 0.222. The maximum absolute atomic E-state index is 11.6. The summed E-state index contributed by atoms with van der Waals surface area (Å²) in [6.45, 7) is -0.311. The number of halogens is 2. The van der Waals surface area contributed by atoms with Crippen molar-refractivity contribution in [2.45, 2.75) is 0 Å². The first-order chi connectivity index (χ1) is 8.20. The summed E-state index contributed by atoms with van der Waals surface area (Å²) in [6, 6.07) is 2.93. The van der Waals surface area contributed by atoms with Crippen LogP contribution in [0, 0.1) is 0 Å². The van der Waals surface area contributed by atoms with Crippen LogP contribution >= 0.6 is 31.9 Å². The van der Waals surface area contributed by atoms with Gasteiger partial charge in [-0.3, -0.25) is 4.79 Å². The zero-order valence-electron chi connectivity index (χ0n) is 8.81. The molecule has 100 valence electrons. The van der Waals surface area contributed by atoms with Crippen LogP contribution in [0.4, 0.5) is 0 Å². The third kappa shape index (κ3) is 4.56. The highest BCUT2D eigenvalue weighted by atomic mass is 79.9. The van der Waals surface area contributed by atoms with E-state index in [9.17, 15) is 22.9 Å². The quantitative estimate of drug-likeness (QED) is 0.737. The molecular formula is C9H8Br2NO5S-. The van der Waals surface area contributed by atoms with E-state index in [1.807, 2.05) is 0 Å². The van der Waals surface area contributed by atoms with E-state index in [4.69, 9.17) is 0 Å². The summed E-state index contributed by atoms with van der Waals surface area (Å²) in [5.74, 6) is -1.63. The first-order valence-corrected chi connectivity index (χ1v) is 7.77. The van der Waals surface area contributed by atoms with Crippen molar-refractivity contribution in [1.29, 1.82) is 0 Å². The Morgan fingerprint density at radius 2 is 2.00 bits per heavy atom. The van der Waals surface area contributed by atoms with Crippen molar-refractivity contribution in [1.82, 2.24) is 5.32 Å². The van der Waals surface area contributed by atoms with Crippen molar-refractivity contribution in [3.05, 3.63) is 26.6 Å². The predicted octanol–water partition coefficient (Wildman–Crippen LogP) is 1.19. The van der Waals surface area contributed by atoms with Gasteiger partial charge in [-0.05, 0) is 28.1 Å². The average Bonchev–Trinajstić information content (AvgIpc) is 2.21. The van der Waals surface area contributed by atoms with E-state index in [1.54, 1.807) is 6.07 Å². The lowest BCUT2D eigenvalue weighted by Crippen LogP contribution is -2.29. The summed E-state index contributed by atoms with van der Waals surface area (Å²) in [6.07, 6.45) is 0. The second-order valence-corrected chi connectivity index (χ2v) is 6.60. The third-order valence-electron chi connectivity index (χ3n) is 1.91. The standard InChI is InChI=1S/C9H9Br2NO5S/c10-5-3-6(8(13)7(11)4-5)9(14)12-1-2-18(15,16)17/h3-4,13H,1-2H2,(H,12,14)(H,15,16,17)/p-1. The van der Waals surface area contributed by atoms with Crippen LogP contribution in [0.3, 0.4) is 0 Å². The van der Waals surface area contributed by atoms with Crippen molar-refractivity contribution in [3.63, 3.8) is 0 Å². The van der Waals surface area contributed by atoms with E-state index in [1.165, 1.54) is 6.07 Å². The number of phenols is 1. The van der Waals surface area contributed by atoms with Crippen LogP contribution in [0.25, 0.3) is 0 Å². The van der Waals surface area contributed by atoms with Gasteiger partial charge in [0.25, 0.3) is 5.91 Å². The number of amides is 1. The molecule has 0 bridgehead atoms. The van der Waals surface area contributed by atoms with Gasteiger partial charge in [-0.1, -0.05) is 15.9 Å². The number of carbonyl (C=O) groups is 1. The first-order valence-electron chi connectivity index (χ1n) is 4.60. The number of aromatic hydroxyl groups is 1. The van der Waals surface area contributed by atoms with Crippen LogP contribution in [0.2, 0.25) is 0 Å². The minimum atomic E-state index is -4.37. The molecule has 0 aromatic heterocycles. The van der Waals surface area contributed by atoms with Gasteiger partial charge in [-0.2, -0.15) is 0 Å². The number of rotatable bonds is 4. The molecule has 2 N–H and O–H groups in total. The number of hydrogen-bond acceptors (Lipinski definition) is 5. The van der Waals surface area contributed by atoms with E-state index < -0.39 is 21.8 Å². The van der Waals surface area contributed by atoms with Crippen LogP contribution in [0.5, 0.6) is 5.75 Å². The van der Waals surface area contributed by atoms with Gasteiger partial charge >= 0.3 is 0 Å². The molecule has 0 spiro atoms. The van der Waals surface area contributed by atoms with Gasteiger partial charge in [-0.15, -0.1) is 0 Å². The molecule has 0 saturated heterocycles.